The zero-order chi connectivity index (χ0) is 22.2. The largest absolute Gasteiger partial charge is 0.508 e. The second kappa shape index (κ2) is 8.22. The van der Waals surface area contributed by atoms with Crippen molar-refractivity contribution in [1.82, 2.24) is 25.5 Å². The Hall–Kier alpha value is -3.49. The number of nitrogens with one attached hydrogen (secondary N) is 3. The van der Waals surface area contributed by atoms with Crippen molar-refractivity contribution in [3.05, 3.63) is 59.7 Å². The molecule has 0 fully saturated rings. The summed E-state index contributed by atoms with van der Waals surface area (Å²) in [5.41, 5.74) is 5.00. The van der Waals surface area contributed by atoms with Crippen molar-refractivity contribution in [2.45, 2.75) is 19.4 Å². The van der Waals surface area contributed by atoms with Gasteiger partial charge in [-0.3, -0.25) is 5.10 Å². The molecule has 0 bridgehead atoms. The number of aromatic hydroxyl groups is 1. The number of fused-ring (bicyclic) bond motifs is 1. The standard InChI is InChI=1S/C24H24FN5O2/c1-3-13-9-16(31)4-5-17(13)18-6-7-19-22(21(18)25)29-30-23(19)24-27-11-20(28-24)14-8-15(12-32-2)26-10-14/h4-9,11,15,26,31H,3,10,12H2,1-2H3,(H,27,28)(H,29,30). The van der Waals surface area contributed by atoms with Gasteiger partial charge in [0.1, 0.15) is 17.0 Å². The highest BCUT2D eigenvalue weighted by molar-refractivity contribution is 5.95. The van der Waals surface area contributed by atoms with Gasteiger partial charge in [0, 0.05) is 30.6 Å². The smallest absolute Gasteiger partial charge is 0.159 e. The third-order valence-corrected chi connectivity index (χ3v) is 5.89. The number of hydrogen-bond donors (Lipinski definition) is 4. The van der Waals surface area contributed by atoms with E-state index < -0.39 is 5.82 Å². The molecule has 7 nitrogen and oxygen atoms in total. The maximum absolute atomic E-state index is 15.5. The lowest BCUT2D eigenvalue weighted by atomic mass is 9.96. The summed E-state index contributed by atoms with van der Waals surface area (Å²) in [6.45, 7) is 3.31. The summed E-state index contributed by atoms with van der Waals surface area (Å²) in [4.78, 5) is 7.82. The molecular weight excluding hydrogens is 409 g/mol. The molecule has 0 amide bonds. The molecule has 1 unspecified atom stereocenters. The van der Waals surface area contributed by atoms with Crippen LogP contribution >= 0.6 is 0 Å². The quantitative estimate of drug-likeness (QED) is 0.368. The van der Waals surface area contributed by atoms with Gasteiger partial charge in [-0.15, -0.1) is 0 Å². The molecule has 0 saturated carbocycles. The fourth-order valence-corrected chi connectivity index (χ4v) is 4.26. The van der Waals surface area contributed by atoms with Crippen LogP contribution in [0.2, 0.25) is 0 Å². The van der Waals surface area contributed by atoms with Gasteiger partial charge < -0.3 is 20.1 Å². The average molecular weight is 433 g/mol. The molecule has 2 aromatic heterocycles. The fraction of sp³-hybridized carbons (Fsp3) is 0.250. The lowest BCUT2D eigenvalue weighted by molar-refractivity contribution is 0.184. The molecule has 0 aliphatic carbocycles. The summed E-state index contributed by atoms with van der Waals surface area (Å²) in [6.07, 6.45) is 4.58. The molecule has 4 aromatic rings. The molecular formula is C24H24FN5O2. The van der Waals surface area contributed by atoms with Crippen LogP contribution in [0.25, 0.3) is 39.1 Å². The first-order valence-corrected chi connectivity index (χ1v) is 10.6. The van der Waals surface area contributed by atoms with Gasteiger partial charge in [-0.2, -0.15) is 5.10 Å². The van der Waals surface area contributed by atoms with Crippen molar-refractivity contribution in [3.8, 4) is 28.4 Å². The Morgan fingerprint density at radius 3 is 2.88 bits per heavy atom. The number of phenols is 1. The Bertz CT molecular complexity index is 1320. The number of imidazole rings is 1. The summed E-state index contributed by atoms with van der Waals surface area (Å²) >= 11 is 0. The van der Waals surface area contributed by atoms with E-state index in [4.69, 9.17) is 4.74 Å². The second-order valence-electron chi connectivity index (χ2n) is 7.90. The lowest BCUT2D eigenvalue weighted by Crippen LogP contribution is -2.26. The number of aromatic nitrogens is 4. The third-order valence-electron chi connectivity index (χ3n) is 5.89. The van der Waals surface area contributed by atoms with E-state index in [9.17, 15) is 5.11 Å². The van der Waals surface area contributed by atoms with Gasteiger partial charge in [-0.1, -0.05) is 25.1 Å². The number of ether oxygens (including phenoxy) is 1. The zero-order valence-corrected chi connectivity index (χ0v) is 17.9. The second-order valence-corrected chi connectivity index (χ2v) is 7.90. The molecule has 4 N–H and O–H groups in total. The van der Waals surface area contributed by atoms with Crippen molar-refractivity contribution in [2.75, 3.05) is 20.3 Å². The fourth-order valence-electron chi connectivity index (χ4n) is 4.26. The molecule has 0 saturated heterocycles. The van der Waals surface area contributed by atoms with E-state index in [1.54, 1.807) is 37.6 Å². The molecule has 5 rings (SSSR count). The summed E-state index contributed by atoms with van der Waals surface area (Å²) in [7, 11) is 1.68. The van der Waals surface area contributed by atoms with Gasteiger partial charge in [0.15, 0.2) is 11.6 Å². The molecule has 164 valence electrons. The van der Waals surface area contributed by atoms with Gasteiger partial charge in [0.2, 0.25) is 0 Å². The maximum atomic E-state index is 15.5. The Morgan fingerprint density at radius 2 is 2.06 bits per heavy atom. The average Bonchev–Trinajstić information content (AvgIpc) is 3.53. The van der Waals surface area contributed by atoms with Gasteiger partial charge >= 0.3 is 0 Å². The van der Waals surface area contributed by atoms with Gasteiger partial charge in [0.25, 0.3) is 0 Å². The Labute approximate surface area is 184 Å². The normalized spacial score (nSPS) is 16.1. The minimum Gasteiger partial charge on any atom is -0.508 e. The number of methoxy groups -OCH3 is 1. The van der Waals surface area contributed by atoms with Crippen molar-refractivity contribution in [3.63, 3.8) is 0 Å². The summed E-state index contributed by atoms with van der Waals surface area (Å²) in [5, 5.41) is 21.0. The zero-order valence-electron chi connectivity index (χ0n) is 17.9. The highest BCUT2D eigenvalue weighted by Gasteiger charge is 2.21. The van der Waals surface area contributed by atoms with Gasteiger partial charge in [-0.05, 0) is 41.3 Å². The highest BCUT2D eigenvalue weighted by atomic mass is 19.1. The molecule has 3 heterocycles. The van der Waals surface area contributed by atoms with Crippen molar-refractivity contribution in [1.29, 1.82) is 0 Å². The van der Waals surface area contributed by atoms with Gasteiger partial charge in [-0.25, -0.2) is 9.37 Å². The van der Waals surface area contributed by atoms with Crippen LogP contribution in [-0.4, -0.2) is 51.6 Å². The molecule has 32 heavy (non-hydrogen) atoms. The number of benzene rings is 2. The van der Waals surface area contributed by atoms with Crippen LogP contribution in [0.4, 0.5) is 4.39 Å². The topological polar surface area (TPSA) is 98.9 Å². The van der Waals surface area contributed by atoms with Crippen LogP contribution in [0.1, 0.15) is 18.2 Å². The highest BCUT2D eigenvalue weighted by Crippen LogP contribution is 2.35. The summed E-state index contributed by atoms with van der Waals surface area (Å²) in [5.74, 6) is 0.371. The SMILES string of the molecule is CCc1cc(O)ccc1-c1ccc2c(-c3ncc(C4=CC(COC)NC4)[nH]3)[nH]nc2c1F. The maximum Gasteiger partial charge on any atom is 0.159 e. The molecule has 8 heteroatoms. The van der Waals surface area contributed by atoms with Gasteiger partial charge in [0.05, 0.1) is 18.5 Å². The first-order chi connectivity index (χ1) is 15.6. The van der Waals surface area contributed by atoms with Crippen molar-refractivity contribution >= 4 is 16.5 Å². The molecule has 0 radical (unpaired) electrons. The Morgan fingerprint density at radius 1 is 1.22 bits per heavy atom. The van der Waals surface area contributed by atoms with E-state index in [0.29, 0.717) is 35.5 Å². The summed E-state index contributed by atoms with van der Waals surface area (Å²) < 4.78 is 20.7. The van der Waals surface area contributed by atoms with Crippen LogP contribution in [0.3, 0.4) is 0 Å². The van der Waals surface area contributed by atoms with Crippen LogP contribution in [0.5, 0.6) is 5.75 Å². The minimum atomic E-state index is -0.401. The van der Waals surface area contributed by atoms with Crippen molar-refractivity contribution in [2.24, 2.45) is 0 Å². The van der Waals surface area contributed by atoms with Crippen molar-refractivity contribution < 1.29 is 14.2 Å². The summed E-state index contributed by atoms with van der Waals surface area (Å²) in [6, 6.07) is 8.77. The predicted octanol–water partition coefficient (Wildman–Crippen LogP) is 4.03. The molecule has 2 aromatic carbocycles. The van der Waals surface area contributed by atoms with E-state index in [0.717, 1.165) is 28.9 Å². The number of nitrogens with zero attached hydrogens (tertiary/aromatic N) is 2. The monoisotopic (exact) mass is 433 g/mol. The molecule has 1 aliphatic rings. The third kappa shape index (κ3) is 3.47. The van der Waals surface area contributed by atoms with E-state index >= 15 is 4.39 Å². The van der Waals surface area contributed by atoms with Crippen LogP contribution < -0.4 is 5.32 Å². The first-order valence-electron chi connectivity index (χ1n) is 10.6. The Balaban J connectivity index is 1.51. The molecule has 1 aliphatic heterocycles. The lowest BCUT2D eigenvalue weighted by Gasteiger charge is -2.10. The molecule has 1 atom stereocenters. The number of aromatic amines is 2. The predicted molar refractivity (Wildman–Crippen MR) is 122 cm³/mol. The number of aryl methyl sites for hydroxylation is 1. The van der Waals surface area contributed by atoms with Crippen LogP contribution in [-0.2, 0) is 11.2 Å². The van der Waals surface area contributed by atoms with E-state index in [2.05, 4.69) is 31.6 Å². The van der Waals surface area contributed by atoms with E-state index in [1.807, 2.05) is 13.0 Å². The van der Waals surface area contributed by atoms with E-state index in [1.165, 1.54) is 0 Å². The number of hydrogen-bond acceptors (Lipinski definition) is 5. The van der Waals surface area contributed by atoms with E-state index in [-0.39, 0.29) is 17.3 Å². The first kappa shape index (κ1) is 20.4. The number of H-pyrrole nitrogens is 2. The number of rotatable bonds is 6. The molecule has 0 spiro atoms. The number of halogens is 1. The number of phenolic OH excluding ortho intramolecular Hbond substituents is 1. The van der Waals surface area contributed by atoms with Crippen LogP contribution in [0.15, 0.2) is 42.6 Å². The Kier molecular flexibility index (Phi) is 5.24. The van der Waals surface area contributed by atoms with Crippen LogP contribution in [0, 0.1) is 5.82 Å². The minimum absolute atomic E-state index is 0.170.